The molecule has 0 bridgehead atoms. The van der Waals surface area contributed by atoms with Crippen molar-refractivity contribution in [3.8, 4) is 0 Å². The highest BCUT2D eigenvalue weighted by Crippen LogP contribution is 2.19. The van der Waals surface area contributed by atoms with Gasteiger partial charge in [0.1, 0.15) is 0 Å². The summed E-state index contributed by atoms with van der Waals surface area (Å²) in [5.74, 6) is -0.00621. The van der Waals surface area contributed by atoms with E-state index in [9.17, 15) is 9.59 Å². The summed E-state index contributed by atoms with van der Waals surface area (Å²) in [7, 11) is 1.83. The van der Waals surface area contributed by atoms with Gasteiger partial charge in [-0.25, -0.2) is 0 Å². The fourth-order valence-electron chi connectivity index (χ4n) is 3.59. The van der Waals surface area contributed by atoms with Crippen LogP contribution in [0.3, 0.4) is 0 Å². The number of nitrogens with one attached hydrogen (secondary N) is 1. The molecule has 5 nitrogen and oxygen atoms in total. The molecule has 5 heteroatoms. The quantitative estimate of drug-likeness (QED) is 0.819. The maximum atomic E-state index is 12.6. The van der Waals surface area contributed by atoms with Crippen LogP contribution in [-0.2, 0) is 16.1 Å². The van der Waals surface area contributed by atoms with Crippen LogP contribution in [0.1, 0.15) is 31.7 Å². The van der Waals surface area contributed by atoms with E-state index >= 15 is 0 Å². The van der Waals surface area contributed by atoms with Gasteiger partial charge < -0.3 is 10.2 Å². The highest BCUT2D eigenvalue weighted by atomic mass is 16.2. The van der Waals surface area contributed by atoms with Gasteiger partial charge in [0, 0.05) is 33.2 Å². The first kappa shape index (κ1) is 19.4. The maximum absolute atomic E-state index is 12.6. The van der Waals surface area contributed by atoms with Gasteiger partial charge >= 0.3 is 0 Å². The minimum absolute atomic E-state index is 0.0361. The Kier molecular flexibility index (Phi) is 6.45. The minimum atomic E-state index is -0.401. The van der Waals surface area contributed by atoms with E-state index in [2.05, 4.69) is 47.5 Å². The van der Waals surface area contributed by atoms with Gasteiger partial charge in [0.2, 0.25) is 11.8 Å². The van der Waals surface area contributed by atoms with E-state index < -0.39 is 6.04 Å². The number of carbonyl (C=O) groups is 2. The molecule has 0 aromatic heterocycles. The van der Waals surface area contributed by atoms with Gasteiger partial charge in [-0.2, -0.15) is 0 Å². The normalized spacial score (nSPS) is 17.7. The topological polar surface area (TPSA) is 52.7 Å². The summed E-state index contributed by atoms with van der Waals surface area (Å²) in [6, 6.07) is 14.3. The number of rotatable bonds is 7. The highest BCUT2D eigenvalue weighted by molar-refractivity contribution is 5.89. The van der Waals surface area contributed by atoms with Crippen molar-refractivity contribution >= 4 is 22.6 Å². The number of unbranched alkanes of at least 4 members (excludes halogenated alkanes) is 1. The number of nitrogens with zero attached hydrogens (tertiary/aromatic N) is 2. The van der Waals surface area contributed by atoms with Crippen molar-refractivity contribution in [1.29, 1.82) is 0 Å². The van der Waals surface area contributed by atoms with Crippen molar-refractivity contribution in [2.75, 3.05) is 26.7 Å². The molecule has 0 saturated carbocycles. The molecule has 1 heterocycles. The standard InChI is InChI=1S/C22H29N3O2/c1-3-4-12-24(2)21(26)15-20-22(27)23-11-13-25(20)16-17-9-10-18-7-5-6-8-19(18)14-17/h5-10,14,20H,3-4,11-13,15-16H2,1-2H3,(H,23,27). The summed E-state index contributed by atoms with van der Waals surface area (Å²) in [6.07, 6.45) is 2.27. The van der Waals surface area contributed by atoms with Gasteiger partial charge in [-0.1, -0.05) is 49.7 Å². The summed E-state index contributed by atoms with van der Waals surface area (Å²) in [4.78, 5) is 28.9. The van der Waals surface area contributed by atoms with Crippen LogP contribution in [0.15, 0.2) is 42.5 Å². The van der Waals surface area contributed by atoms with Gasteiger partial charge in [0.05, 0.1) is 12.5 Å². The molecule has 2 amide bonds. The van der Waals surface area contributed by atoms with Crippen molar-refractivity contribution in [2.45, 2.75) is 38.8 Å². The highest BCUT2D eigenvalue weighted by Gasteiger charge is 2.32. The molecule has 1 atom stereocenters. The second-order valence-electron chi connectivity index (χ2n) is 7.33. The van der Waals surface area contributed by atoms with Crippen molar-refractivity contribution in [3.63, 3.8) is 0 Å². The van der Waals surface area contributed by atoms with E-state index in [1.54, 1.807) is 4.90 Å². The number of hydrogen-bond donors (Lipinski definition) is 1. The van der Waals surface area contributed by atoms with Crippen molar-refractivity contribution in [2.24, 2.45) is 0 Å². The van der Waals surface area contributed by atoms with Crippen LogP contribution in [0.2, 0.25) is 0 Å². The Labute approximate surface area is 161 Å². The van der Waals surface area contributed by atoms with Gasteiger partial charge in [0.25, 0.3) is 0 Å². The molecular weight excluding hydrogens is 338 g/mol. The Morgan fingerprint density at radius 3 is 2.78 bits per heavy atom. The lowest BCUT2D eigenvalue weighted by Crippen LogP contribution is -2.56. The average Bonchev–Trinajstić information content (AvgIpc) is 2.68. The molecule has 3 rings (SSSR count). The molecule has 27 heavy (non-hydrogen) atoms. The molecule has 1 unspecified atom stereocenters. The first-order valence-electron chi connectivity index (χ1n) is 9.82. The fourth-order valence-corrected chi connectivity index (χ4v) is 3.59. The molecule has 1 aliphatic heterocycles. The first-order valence-corrected chi connectivity index (χ1v) is 9.82. The number of benzene rings is 2. The fraction of sp³-hybridized carbons (Fsp3) is 0.455. The molecule has 0 radical (unpaired) electrons. The zero-order valence-corrected chi connectivity index (χ0v) is 16.3. The monoisotopic (exact) mass is 367 g/mol. The van der Waals surface area contributed by atoms with Crippen LogP contribution in [0.4, 0.5) is 0 Å². The van der Waals surface area contributed by atoms with Crippen LogP contribution in [-0.4, -0.2) is 54.3 Å². The van der Waals surface area contributed by atoms with Crippen LogP contribution < -0.4 is 5.32 Å². The number of piperazine rings is 1. The number of fused-ring (bicyclic) bond motifs is 1. The summed E-state index contributed by atoms with van der Waals surface area (Å²) in [5, 5.41) is 5.32. The molecular formula is C22H29N3O2. The van der Waals surface area contributed by atoms with E-state index in [4.69, 9.17) is 0 Å². The third-order valence-electron chi connectivity index (χ3n) is 5.28. The molecule has 144 valence electrons. The Hall–Kier alpha value is -2.40. The van der Waals surface area contributed by atoms with Crippen molar-refractivity contribution in [3.05, 3.63) is 48.0 Å². The largest absolute Gasteiger partial charge is 0.353 e. The zero-order valence-electron chi connectivity index (χ0n) is 16.3. The summed E-state index contributed by atoms with van der Waals surface area (Å²) in [5.41, 5.74) is 1.17. The van der Waals surface area contributed by atoms with Crippen LogP contribution >= 0.6 is 0 Å². The Morgan fingerprint density at radius 2 is 2.00 bits per heavy atom. The van der Waals surface area contributed by atoms with Crippen LogP contribution in [0.5, 0.6) is 0 Å². The number of amides is 2. The predicted octanol–water partition coefficient (Wildman–Crippen LogP) is 2.79. The van der Waals surface area contributed by atoms with E-state index in [1.807, 2.05) is 19.2 Å². The lowest BCUT2D eigenvalue weighted by molar-refractivity contribution is -0.138. The van der Waals surface area contributed by atoms with Gasteiger partial charge in [-0.3, -0.25) is 14.5 Å². The van der Waals surface area contributed by atoms with E-state index in [-0.39, 0.29) is 18.2 Å². The predicted molar refractivity (Wildman–Crippen MR) is 108 cm³/mol. The molecule has 2 aromatic rings. The van der Waals surface area contributed by atoms with Gasteiger partial charge in [-0.05, 0) is 28.8 Å². The Balaban J connectivity index is 1.71. The molecule has 0 aliphatic carbocycles. The van der Waals surface area contributed by atoms with E-state index in [0.717, 1.165) is 25.9 Å². The molecule has 1 fully saturated rings. The summed E-state index contributed by atoms with van der Waals surface area (Å²) in [6.45, 7) is 4.92. The third-order valence-corrected chi connectivity index (χ3v) is 5.28. The van der Waals surface area contributed by atoms with E-state index in [1.165, 1.54) is 16.3 Å². The number of carbonyl (C=O) groups excluding carboxylic acids is 2. The van der Waals surface area contributed by atoms with Crippen LogP contribution in [0.25, 0.3) is 10.8 Å². The average molecular weight is 367 g/mol. The molecule has 2 aromatic carbocycles. The van der Waals surface area contributed by atoms with Crippen molar-refractivity contribution in [1.82, 2.24) is 15.1 Å². The molecule has 1 N–H and O–H groups in total. The second kappa shape index (κ2) is 9.00. The number of hydrogen-bond acceptors (Lipinski definition) is 3. The lowest BCUT2D eigenvalue weighted by atomic mass is 10.0. The van der Waals surface area contributed by atoms with E-state index in [0.29, 0.717) is 13.1 Å². The minimum Gasteiger partial charge on any atom is -0.353 e. The SMILES string of the molecule is CCCCN(C)C(=O)CC1C(=O)NCCN1Cc1ccc2ccccc2c1. The van der Waals surface area contributed by atoms with Crippen LogP contribution in [0, 0.1) is 0 Å². The summed E-state index contributed by atoms with van der Waals surface area (Å²) < 4.78 is 0. The maximum Gasteiger partial charge on any atom is 0.237 e. The molecule has 1 aliphatic rings. The summed E-state index contributed by atoms with van der Waals surface area (Å²) >= 11 is 0. The molecule has 0 spiro atoms. The smallest absolute Gasteiger partial charge is 0.237 e. The van der Waals surface area contributed by atoms with Gasteiger partial charge in [0.15, 0.2) is 0 Å². The second-order valence-corrected chi connectivity index (χ2v) is 7.33. The Bertz CT molecular complexity index is 805. The van der Waals surface area contributed by atoms with Crippen molar-refractivity contribution < 1.29 is 9.59 Å². The van der Waals surface area contributed by atoms with Gasteiger partial charge in [-0.15, -0.1) is 0 Å². The lowest BCUT2D eigenvalue weighted by Gasteiger charge is -2.35. The first-order chi connectivity index (χ1) is 13.1. The molecule has 1 saturated heterocycles. The third kappa shape index (κ3) is 4.86. The zero-order chi connectivity index (χ0) is 19.2. The Morgan fingerprint density at radius 1 is 1.22 bits per heavy atom.